The van der Waals surface area contributed by atoms with Gasteiger partial charge in [-0.05, 0) is 44.2 Å². The van der Waals surface area contributed by atoms with E-state index in [0.29, 0.717) is 11.6 Å². The zero-order valence-electron chi connectivity index (χ0n) is 12.1. The predicted octanol–water partition coefficient (Wildman–Crippen LogP) is 2.98. The molecule has 1 aliphatic rings. The fraction of sp³-hybridized carbons (Fsp3) is 1.00. The summed E-state index contributed by atoms with van der Waals surface area (Å²) in [5.41, 5.74) is 0.421. The van der Waals surface area contributed by atoms with Crippen molar-refractivity contribution in [3.05, 3.63) is 0 Å². The van der Waals surface area contributed by atoms with Crippen molar-refractivity contribution in [2.45, 2.75) is 58.0 Å². The second-order valence-corrected chi connectivity index (χ2v) is 6.20. The molecule has 0 bridgehead atoms. The first-order valence-corrected chi connectivity index (χ1v) is 8.59. The molecule has 102 valence electrons. The quantitative estimate of drug-likeness (QED) is 0.707. The molecule has 0 aliphatic carbocycles. The van der Waals surface area contributed by atoms with Crippen molar-refractivity contribution in [3.63, 3.8) is 0 Å². The molecule has 0 aromatic rings. The van der Waals surface area contributed by atoms with E-state index in [9.17, 15) is 0 Å². The number of nitrogens with one attached hydrogen (secondary N) is 1. The van der Waals surface area contributed by atoms with E-state index in [-0.39, 0.29) is 0 Å². The number of rotatable bonds is 7. The maximum Gasteiger partial charge on any atom is 0.0329 e. The highest BCUT2D eigenvalue weighted by molar-refractivity contribution is 7.98. The van der Waals surface area contributed by atoms with Crippen molar-refractivity contribution in [1.29, 1.82) is 0 Å². The third-order valence-corrected chi connectivity index (χ3v) is 5.11. The molecule has 3 heteroatoms. The zero-order chi connectivity index (χ0) is 12.7. The van der Waals surface area contributed by atoms with Gasteiger partial charge >= 0.3 is 0 Å². The van der Waals surface area contributed by atoms with Crippen molar-refractivity contribution in [2.24, 2.45) is 0 Å². The first-order valence-electron chi connectivity index (χ1n) is 7.19. The lowest BCUT2D eigenvalue weighted by Gasteiger charge is -2.49. The van der Waals surface area contributed by atoms with Gasteiger partial charge in [0.25, 0.3) is 0 Å². The van der Waals surface area contributed by atoms with Gasteiger partial charge in [-0.2, -0.15) is 11.8 Å². The molecule has 1 heterocycles. The summed E-state index contributed by atoms with van der Waals surface area (Å²) < 4.78 is 0. The summed E-state index contributed by atoms with van der Waals surface area (Å²) in [5.74, 6) is 1.30. The van der Waals surface area contributed by atoms with Gasteiger partial charge in [-0.15, -0.1) is 0 Å². The van der Waals surface area contributed by atoms with Crippen LogP contribution in [0.15, 0.2) is 0 Å². The summed E-state index contributed by atoms with van der Waals surface area (Å²) >= 11 is 1.97. The molecule has 2 nitrogen and oxygen atoms in total. The van der Waals surface area contributed by atoms with Crippen LogP contribution in [0.5, 0.6) is 0 Å². The van der Waals surface area contributed by atoms with Gasteiger partial charge < -0.3 is 5.32 Å². The van der Waals surface area contributed by atoms with Crippen molar-refractivity contribution >= 4 is 11.8 Å². The standard InChI is InChI=1S/C14H30N2S/c1-5-13-11-16(9-8-10-17-4)14(6-2,7-3)12-15-13/h13,15H,5-12H2,1-4H3. The SMILES string of the molecule is CCC1CN(CCCSC)C(CC)(CC)CN1. The minimum absolute atomic E-state index is 0.421. The summed E-state index contributed by atoms with van der Waals surface area (Å²) in [6, 6.07) is 0.704. The average Bonchev–Trinajstić information content (AvgIpc) is 2.39. The maximum absolute atomic E-state index is 3.74. The lowest BCUT2D eigenvalue weighted by atomic mass is 9.86. The molecule has 0 aromatic carbocycles. The smallest absolute Gasteiger partial charge is 0.0329 e. The zero-order valence-corrected chi connectivity index (χ0v) is 12.9. The van der Waals surface area contributed by atoms with Crippen LogP contribution >= 0.6 is 11.8 Å². The molecule has 1 aliphatic heterocycles. The van der Waals surface area contributed by atoms with Gasteiger partial charge in [-0.3, -0.25) is 4.90 Å². The third kappa shape index (κ3) is 3.87. The second-order valence-electron chi connectivity index (χ2n) is 5.21. The van der Waals surface area contributed by atoms with Crippen LogP contribution in [0.2, 0.25) is 0 Å². The van der Waals surface area contributed by atoms with E-state index in [1.54, 1.807) is 0 Å². The Hall–Kier alpha value is 0.270. The van der Waals surface area contributed by atoms with Crippen LogP contribution in [0.3, 0.4) is 0 Å². The van der Waals surface area contributed by atoms with E-state index in [1.807, 2.05) is 11.8 Å². The molecular weight excluding hydrogens is 228 g/mol. The number of piperazine rings is 1. The first-order chi connectivity index (χ1) is 8.22. The molecule has 0 saturated carbocycles. The van der Waals surface area contributed by atoms with Gasteiger partial charge in [0, 0.05) is 24.7 Å². The molecule has 0 spiro atoms. The fourth-order valence-electron chi connectivity index (χ4n) is 2.92. The minimum atomic E-state index is 0.421. The summed E-state index contributed by atoms with van der Waals surface area (Å²) in [5, 5.41) is 3.74. The van der Waals surface area contributed by atoms with Crippen LogP contribution in [0, 0.1) is 0 Å². The molecule has 1 unspecified atom stereocenters. The molecule has 1 saturated heterocycles. The number of hydrogen-bond acceptors (Lipinski definition) is 3. The molecule has 1 fully saturated rings. The lowest BCUT2D eigenvalue weighted by Crippen LogP contribution is -2.64. The second kappa shape index (κ2) is 7.65. The van der Waals surface area contributed by atoms with E-state index < -0.39 is 0 Å². The minimum Gasteiger partial charge on any atom is -0.311 e. The maximum atomic E-state index is 3.74. The lowest BCUT2D eigenvalue weighted by molar-refractivity contribution is 0.0313. The van der Waals surface area contributed by atoms with Crippen molar-refractivity contribution in [2.75, 3.05) is 31.6 Å². The van der Waals surface area contributed by atoms with Crippen LogP contribution < -0.4 is 5.32 Å². The fourth-order valence-corrected chi connectivity index (χ4v) is 3.34. The average molecular weight is 258 g/mol. The molecule has 1 rings (SSSR count). The van der Waals surface area contributed by atoms with Crippen molar-refractivity contribution < 1.29 is 0 Å². The highest BCUT2D eigenvalue weighted by atomic mass is 32.2. The van der Waals surface area contributed by atoms with Gasteiger partial charge in [0.05, 0.1) is 0 Å². The molecule has 0 radical (unpaired) electrons. The molecular formula is C14H30N2S. The Labute approximate surface area is 112 Å². The van der Waals surface area contributed by atoms with Crippen LogP contribution in [0.1, 0.15) is 46.5 Å². The highest BCUT2D eigenvalue weighted by Gasteiger charge is 2.37. The van der Waals surface area contributed by atoms with Crippen LogP contribution in [-0.4, -0.2) is 48.1 Å². The normalized spacial score (nSPS) is 25.1. The van der Waals surface area contributed by atoms with Crippen molar-refractivity contribution in [3.8, 4) is 0 Å². The summed E-state index contributed by atoms with van der Waals surface area (Å²) in [6.45, 7) is 10.7. The monoisotopic (exact) mass is 258 g/mol. The Morgan fingerprint density at radius 1 is 1.29 bits per heavy atom. The van der Waals surface area contributed by atoms with Crippen LogP contribution in [0.25, 0.3) is 0 Å². The summed E-state index contributed by atoms with van der Waals surface area (Å²) in [4.78, 5) is 2.77. The van der Waals surface area contributed by atoms with Gasteiger partial charge in [0.15, 0.2) is 0 Å². The topological polar surface area (TPSA) is 15.3 Å². The van der Waals surface area contributed by atoms with Gasteiger partial charge in [-0.1, -0.05) is 20.8 Å². The number of thioether (sulfide) groups is 1. The summed E-state index contributed by atoms with van der Waals surface area (Å²) in [7, 11) is 0. The Morgan fingerprint density at radius 2 is 2.00 bits per heavy atom. The van der Waals surface area contributed by atoms with Crippen molar-refractivity contribution in [1.82, 2.24) is 10.2 Å². The largest absolute Gasteiger partial charge is 0.311 e. The van der Waals surface area contributed by atoms with E-state index >= 15 is 0 Å². The van der Waals surface area contributed by atoms with Crippen LogP contribution in [0.4, 0.5) is 0 Å². The molecule has 0 amide bonds. The Morgan fingerprint density at radius 3 is 2.53 bits per heavy atom. The van der Waals surface area contributed by atoms with E-state index in [0.717, 1.165) is 0 Å². The molecule has 1 atom stereocenters. The van der Waals surface area contributed by atoms with Gasteiger partial charge in [-0.25, -0.2) is 0 Å². The molecule has 1 N–H and O–H groups in total. The molecule has 0 aromatic heterocycles. The Balaban J connectivity index is 2.60. The first kappa shape index (κ1) is 15.3. The Kier molecular flexibility index (Phi) is 6.90. The predicted molar refractivity (Wildman–Crippen MR) is 80.0 cm³/mol. The van der Waals surface area contributed by atoms with Gasteiger partial charge in [0.1, 0.15) is 0 Å². The third-order valence-electron chi connectivity index (χ3n) is 4.42. The summed E-state index contributed by atoms with van der Waals surface area (Å²) in [6.07, 6.45) is 7.33. The number of nitrogens with zero attached hydrogens (tertiary/aromatic N) is 1. The van der Waals surface area contributed by atoms with Crippen LogP contribution in [-0.2, 0) is 0 Å². The van der Waals surface area contributed by atoms with E-state index in [4.69, 9.17) is 0 Å². The van der Waals surface area contributed by atoms with E-state index in [1.165, 1.54) is 51.1 Å². The molecule has 17 heavy (non-hydrogen) atoms. The number of hydrogen-bond donors (Lipinski definition) is 1. The highest BCUT2D eigenvalue weighted by Crippen LogP contribution is 2.27. The van der Waals surface area contributed by atoms with Gasteiger partial charge in [0.2, 0.25) is 0 Å². The van der Waals surface area contributed by atoms with E-state index in [2.05, 4.69) is 37.2 Å². The Bertz CT molecular complexity index is 204.